The number of aryl methyl sites for hydroxylation is 1. The number of hydrogen-bond donors (Lipinski definition) is 0. The van der Waals surface area contributed by atoms with Crippen LogP contribution in [0, 0.1) is 6.92 Å². The van der Waals surface area contributed by atoms with Crippen LogP contribution in [0.4, 0.5) is 0 Å². The molecular weight excluding hydrogens is 350 g/mol. The third-order valence-corrected chi connectivity index (χ3v) is 2.09. The summed E-state index contributed by atoms with van der Waals surface area (Å²) in [5, 5.41) is 0. The molecule has 1 heterocycles. The largest absolute Gasteiger partial charge is 0.256 e. The predicted molar refractivity (Wildman–Crippen MR) is 54.4 cm³/mol. The van der Waals surface area contributed by atoms with Gasteiger partial charge in [0, 0.05) is 31.9 Å². The number of pyridine rings is 1. The Morgan fingerprint density at radius 2 is 1.64 bits per heavy atom. The number of rotatable bonds is 1. The van der Waals surface area contributed by atoms with Crippen LogP contribution in [0.15, 0.2) is 48.7 Å². The summed E-state index contributed by atoms with van der Waals surface area (Å²) in [7, 11) is 0. The zero-order valence-corrected chi connectivity index (χ0v) is 10.3. The molecule has 0 aliphatic heterocycles. The van der Waals surface area contributed by atoms with Crippen molar-refractivity contribution in [2.45, 2.75) is 6.92 Å². The van der Waals surface area contributed by atoms with Crippen molar-refractivity contribution in [1.29, 1.82) is 0 Å². The zero-order chi connectivity index (χ0) is 9.10. The van der Waals surface area contributed by atoms with E-state index in [-0.39, 0.29) is 20.1 Å². The first kappa shape index (κ1) is 11.1. The molecule has 1 radical (unpaired) electrons. The van der Waals surface area contributed by atoms with Gasteiger partial charge in [0.15, 0.2) is 0 Å². The summed E-state index contributed by atoms with van der Waals surface area (Å²) >= 11 is 0. The maximum Gasteiger partial charge on any atom is 0.0704 e. The SMILES string of the molecule is Cc1ccccc1-c1ccccn1.[Ir]. The molecular formula is C12H11IrN. The van der Waals surface area contributed by atoms with Crippen molar-refractivity contribution in [2.75, 3.05) is 0 Å². The second-order valence-corrected chi connectivity index (χ2v) is 3.03. The monoisotopic (exact) mass is 362 g/mol. The van der Waals surface area contributed by atoms with Crippen LogP contribution in [-0.4, -0.2) is 4.98 Å². The minimum atomic E-state index is 0. The third-order valence-electron chi connectivity index (χ3n) is 2.09. The van der Waals surface area contributed by atoms with Gasteiger partial charge in [-0.15, -0.1) is 0 Å². The number of benzene rings is 1. The van der Waals surface area contributed by atoms with E-state index in [1.807, 2.05) is 36.5 Å². The molecule has 0 saturated carbocycles. The Labute approximate surface area is 97.6 Å². The Balaban J connectivity index is 0.000000980. The molecule has 1 aromatic heterocycles. The molecule has 0 amide bonds. The van der Waals surface area contributed by atoms with Crippen molar-refractivity contribution < 1.29 is 20.1 Å². The molecule has 1 aromatic carbocycles. The minimum Gasteiger partial charge on any atom is -0.256 e. The molecule has 14 heavy (non-hydrogen) atoms. The predicted octanol–water partition coefficient (Wildman–Crippen LogP) is 3.05. The summed E-state index contributed by atoms with van der Waals surface area (Å²) in [5.41, 5.74) is 3.52. The maximum absolute atomic E-state index is 4.31. The molecule has 2 aromatic rings. The average molecular weight is 361 g/mol. The first-order chi connectivity index (χ1) is 6.38. The van der Waals surface area contributed by atoms with Gasteiger partial charge in [0.2, 0.25) is 0 Å². The summed E-state index contributed by atoms with van der Waals surface area (Å²) in [4.78, 5) is 4.31. The average Bonchev–Trinajstić information content (AvgIpc) is 2.20. The van der Waals surface area contributed by atoms with Crippen LogP contribution in [0.5, 0.6) is 0 Å². The molecule has 0 N–H and O–H groups in total. The quantitative estimate of drug-likeness (QED) is 0.761. The Morgan fingerprint density at radius 3 is 2.29 bits per heavy atom. The van der Waals surface area contributed by atoms with Gasteiger partial charge in [-0.25, -0.2) is 0 Å². The zero-order valence-electron chi connectivity index (χ0n) is 7.90. The smallest absolute Gasteiger partial charge is 0.0704 e. The molecule has 0 aliphatic carbocycles. The first-order valence-electron chi connectivity index (χ1n) is 4.35. The van der Waals surface area contributed by atoms with Crippen molar-refractivity contribution in [3.63, 3.8) is 0 Å². The van der Waals surface area contributed by atoms with Crippen molar-refractivity contribution in [3.8, 4) is 11.3 Å². The molecule has 0 aliphatic rings. The van der Waals surface area contributed by atoms with Crippen molar-refractivity contribution in [1.82, 2.24) is 4.98 Å². The van der Waals surface area contributed by atoms with Gasteiger partial charge in [0.25, 0.3) is 0 Å². The third kappa shape index (κ3) is 2.28. The van der Waals surface area contributed by atoms with E-state index in [0.717, 1.165) is 5.69 Å². The van der Waals surface area contributed by atoms with Gasteiger partial charge in [0.1, 0.15) is 0 Å². The van der Waals surface area contributed by atoms with Gasteiger partial charge in [-0.2, -0.15) is 0 Å². The molecule has 2 heteroatoms. The molecule has 0 fully saturated rings. The second-order valence-electron chi connectivity index (χ2n) is 3.03. The van der Waals surface area contributed by atoms with E-state index < -0.39 is 0 Å². The van der Waals surface area contributed by atoms with Crippen LogP contribution in [0.25, 0.3) is 11.3 Å². The van der Waals surface area contributed by atoms with E-state index >= 15 is 0 Å². The van der Waals surface area contributed by atoms with E-state index in [2.05, 4.69) is 24.0 Å². The van der Waals surface area contributed by atoms with Crippen LogP contribution in [0.1, 0.15) is 5.56 Å². The standard InChI is InChI=1S/C12H11N.Ir/c1-10-6-2-3-7-11(10)12-8-4-5-9-13-12;/h2-9H,1H3;. The fourth-order valence-electron chi connectivity index (χ4n) is 1.38. The molecule has 0 unspecified atom stereocenters. The van der Waals surface area contributed by atoms with Crippen LogP contribution in [0.3, 0.4) is 0 Å². The Morgan fingerprint density at radius 1 is 0.929 bits per heavy atom. The van der Waals surface area contributed by atoms with Crippen LogP contribution in [0.2, 0.25) is 0 Å². The molecule has 0 atom stereocenters. The minimum absolute atomic E-state index is 0. The fraction of sp³-hybridized carbons (Fsp3) is 0.0833. The maximum atomic E-state index is 4.31. The number of hydrogen-bond acceptors (Lipinski definition) is 1. The van der Waals surface area contributed by atoms with Crippen molar-refractivity contribution >= 4 is 0 Å². The van der Waals surface area contributed by atoms with E-state index in [1.165, 1.54) is 11.1 Å². The second kappa shape index (κ2) is 5.04. The topological polar surface area (TPSA) is 12.9 Å². The molecule has 0 bridgehead atoms. The van der Waals surface area contributed by atoms with Gasteiger partial charge in [0.05, 0.1) is 5.69 Å². The van der Waals surface area contributed by atoms with E-state index in [1.54, 1.807) is 0 Å². The molecule has 1 nitrogen and oxygen atoms in total. The normalized spacial score (nSPS) is 9.21. The van der Waals surface area contributed by atoms with Crippen LogP contribution in [-0.2, 0) is 20.1 Å². The van der Waals surface area contributed by atoms with E-state index in [9.17, 15) is 0 Å². The summed E-state index contributed by atoms with van der Waals surface area (Å²) < 4.78 is 0. The molecule has 0 saturated heterocycles. The van der Waals surface area contributed by atoms with Gasteiger partial charge in [-0.05, 0) is 24.6 Å². The number of nitrogens with zero attached hydrogens (tertiary/aromatic N) is 1. The summed E-state index contributed by atoms with van der Waals surface area (Å²) in [6, 6.07) is 14.2. The molecule has 2 rings (SSSR count). The van der Waals surface area contributed by atoms with Crippen molar-refractivity contribution in [2.24, 2.45) is 0 Å². The van der Waals surface area contributed by atoms with Crippen LogP contribution >= 0.6 is 0 Å². The van der Waals surface area contributed by atoms with Crippen molar-refractivity contribution in [3.05, 3.63) is 54.2 Å². The van der Waals surface area contributed by atoms with E-state index in [0.29, 0.717) is 0 Å². The van der Waals surface area contributed by atoms with Gasteiger partial charge in [-0.3, -0.25) is 4.98 Å². The van der Waals surface area contributed by atoms with Gasteiger partial charge in [-0.1, -0.05) is 30.3 Å². The van der Waals surface area contributed by atoms with Gasteiger partial charge >= 0.3 is 0 Å². The Hall–Kier alpha value is -0.981. The Kier molecular flexibility index (Phi) is 3.99. The number of aromatic nitrogens is 1. The molecule has 73 valence electrons. The summed E-state index contributed by atoms with van der Waals surface area (Å²) in [5.74, 6) is 0. The molecule has 0 spiro atoms. The van der Waals surface area contributed by atoms with Gasteiger partial charge < -0.3 is 0 Å². The summed E-state index contributed by atoms with van der Waals surface area (Å²) in [6.07, 6.45) is 1.82. The Bertz CT molecular complexity index is 398. The van der Waals surface area contributed by atoms with Crippen LogP contribution < -0.4 is 0 Å². The first-order valence-corrected chi connectivity index (χ1v) is 4.35. The summed E-state index contributed by atoms with van der Waals surface area (Å²) in [6.45, 7) is 2.10. The van der Waals surface area contributed by atoms with E-state index in [4.69, 9.17) is 0 Å². The fourth-order valence-corrected chi connectivity index (χ4v) is 1.38.